The van der Waals surface area contributed by atoms with Gasteiger partial charge in [-0.15, -0.1) is 0 Å². The van der Waals surface area contributed by atoms with Crippen LogP contribution in [0.4, 0.5) is 10.5 Å². The molecule has 1 aromatic carbocycles. The monoisotopic (exact) mass is 411 g/mol. The summed E-state index contributed by atoms with van der Waals surface area (Å²) >= 11 is 0. The maximum Gasteiger partial charge on any atom is 0.410 e. The van der Waals surface area contributed by atoms with E-state index < -0.39 is 15.6 Å². The number of nitrogens with one attached hydrogen (secondary N) is 1. The molecule has 0 spiro atoms. The number of hydrogen-bond acceptors (Lipinski definition) is 5. The van der Waals surface area contributed by atoms with E-state index in [1.54, 1.807) is 4.90 Å². The van der Waals surface area contributed by atoms with E-state index in [9.17, 15) is 13.2 Å². The van der Waals surface area contributed by atoms with Gasteiger partial charge >= 0.3 is 6.09 Å². The minimum atomic E-state index is -3.30. The number of benzene rings is 1. The van der Waals surface area contributed by atoms with Gasteiger partial charge in [-0.3, -0.25) is 0 Å². The number of carbonyl (C=O) groups excluding carboxylic acids is 1. The molecular formula is C20H33N3O4S. The summed E-state index contributed by atoms with van der Waals surface area (Å²) in [6, 6.07) is 7.79. The molecule has 158 valence electrons. The molecule has 0 aromatic heterocycles. The molecule has 2 rings (SSSR count). The lowest BCUT2D eigenvalue weighted by molar-refractivity contribution is 0.0240. The van der Waals surface area contributed by atoms with Gasteiger partial charge in [-0.05, 0) is 38.3 Å². The Morgan fingerprint density at radius 2 is 1.75 bits per heavy atom. The highest BCUT2D eigenvalue weighted by Gasteiger charge is 2.26. The number of piperazine rings is 1. The lowest BCUT2D eigenvalue weighted by Gasteiger charge is -2.37. The largest absolute Gasteiger partial charge is 0.444 e. The first-order valence-electron chi connectivity index (χ1n) is 9.75. The Kier molecular flexibility index (Phi) is 7.33. The van der Waals surface area contributed by atoms with Gasteiger partial charge in [0.1, 0.15) is 5.60 Å². The van der Waals surface area contributed by atoms with E-state index in [0.717, 1.165) is 11.3 Å². The van der Waals surface area contributed by atoms with E-state index in [0.29, 0.717) is 26.2 Å². The molecule has 0 aliphatic carbocycles. The van der Waals surface area contributed by atoms with Crippen LogP contribution in [0.1, 0.15) is 40.2 Å². The SMILES string of the molecule is CC(C)CS(=O)(=O)NCc1ccccc1N1CCN(C(=O)OC(C)(C)C)CC1. The van der Waals surface area contributed by atoms with E-state index >= 15 is 0 Å². The average Bonchev–Trinajstić information content (AvgIpc) is 2.58. The molecule has 1 aliphatic heterocycles. The van der Waals surface area contributed by atoms with Gasteiger partial charge in [-0.1, -0.05) is 32.0 Å². The first-order chi connectivity index (χ1) is 13.0. The maximum absolute atomic E-state index is 12.2. The fourth-order valence-electron chi connectivity index (χ4n) is 3.11. The molecule has 1 aromatic rings. The number of amides is 1. The van der Waals surface area contributed by atoms with Crippen molar-refractivity contribution in [2.75, 3.05) is 36.8 Å². The molecule has 1 heterocycles. The van der Waals surface area contributed by atoms with Crippen molar-refractivity contribution in [1.82, 2.24) is 9.62 Å². The smallest absolute Gasteiger partial charge is 0.410 e. The van der Waals surface area contributed by atoms with Crippen molar-refractivity contribution in [3.05, 3.63) is 29.8 Å². The molecule has 7 nitrogen and oxygen atoms in total. The van der Waals surface area contributed by atoms with E-state index in [1.807, 2.05) is 58.9 Å². The average molecular weight is 412 g/mol. The Morgan fingerprint density at radius 1 is 1.14 bits per heavy atom. The van der Waals surface area contributed by atoms with Gasteiger partial charge in [-0.25, -0.2) is 17.9 Å². The highest BCUT2D eigenvalue weighted by Crippen LogP contribution is 2.23. The molecule has 0 radical (unpaired) electrons. The lowest BCUT2D eigenvalue weighted by Crippen LogP contribution is -2.50. The van der Waals surface area contributed by atoms with Gasteiger partial charge in [-0.2, -0.15) is 0 Å². The molecule has 1 aliphatic rings. The Balaban J connectivity index is 1.99. The summed E-state index contributed by atoms with van der Waals surface area (Å²) in [5, 5.41) is 0. The third kappa shape index (κ3) is 6.98. The Labute approximate surface area is 169 Å². The van der Waals surface area contributed by atoms with Crippen molar-refractivity contribution in [2.24, 2.45) is 5.92 Å². The topological polar surface area (TPSA) is 79.0 Å². The molecule has 0 bridgehead atoms. The van der Waals surface area contributed by atoms with Crippen LogP contribution in [0.25, 0.3) is 0 Å². The van der Waals surface area contributed by atoms with Crippen molar-refractivity contribution in [3.63, 3.8) is 0 Å². The van der Waals surface area contributed by atoms with Crippen LogP contribution in [0.2, 0.25) is 0 Å². The molecule has 1 saturated heterocycles. The van der Waals surface area contributed by atoms with Crippen LogP contribution in [-0.4, -0.2) is 56.9 Å². The van der Waals surface area contributed by atoms with Crippen molar-refractivity contribution in [3.8, 4) is 0 Å². The predicted octanol–water partition coefficient (Wildman–Crippen LogP) is 2.82. The van der Waals surface area contributed by atoms with E-state index in [2.05, 4.69) is 9.62 Å². The summed E-state index contributed by atoms with van der Waals surface area (Å²) in [6.45, 7) is 12.1. The number of nitrogens with zero attached hydrogens (tertiary/aromatic N) is 2. The first kappa shape index (κ1) is 22.5. The third-order valence-electron chi connectivity index (χ3n) is 4.30. The zero-order chi connectivity index (χ0) is 20.9. The van der Waals surface area contributed by atoms with Crippen LogP contribution in [0, 0.1) is 5.92 Å². The van der Waals surface area contributed by atoms with Gasteiger partial charge in [0.15, 0.2) is 0 Å². The predicted molar refractivity (Wildman–Crippen MR) is 112 cm³/mol. The molecular weight excluding hydrogens is 378 g/mol. The number of anilines is 1. The molecule has 8 heteroatoms. The minimum absolute atomic E-state index is 0.0775. The summed E-state index contributed by atoms with van der Waals surface area (Å²) in [5.41, 5.74) is 1.42. The van der Waals surface area contributed by atoms with Crippen molar-refractivity contribution < 1.29 is 17.9 Å². The van der Waals surface area contributed by atoms with Crippen LogP contribution < -0.4 is 9.62 Å². The molecule has 1 fully saturated rings. The van der Waals surface area contributed by atoms with Gasteiger partial charge in [0.2, 0.25) is 10.0 Å². The molecule has 28 heavy (non-hydrogen) atoms. The van der Waals surface area contributed by atoms with Gasteiger partial charge in [0.25, 0.3) is 0 Å². The van der Waals surface area contributed by atoms with Crippen LogP contribution >= 0.6 is 0 Å². The molecule has 1 N–H and O–H groups in total. The minimum Gasteiger partial charge on any atom is -0.444 e. The van der Waals surface area contributed by atoms with E-state index in [4.69, 9.17) is 4.74 Å². The number of para-hydroxylation sites is 1. The number of rotatable bonds is 6. The van der Waals surface area contributed by atoms with Gasteiger partial charge in [0.05, 0.1) is 5.75 Å². The molecule has 0 saturated carbocycles. The molecule has 1 amide bonds. The summed E-state index contributed by atoms with van der Waals surface area (Å²) in [7, 11) is -3.30. The standard InChI is InChI=1S/C20H33N3O4S/c1-16(2)15-28(25,26)21-14-17-8-6-7-9-18(17)22-10-12-23(13-11-22)19(24)27-20(3,4)5/h6-9,16,21H,10-15H2,1-5H3. The van der Waals surface area contributed by atoms with Crippen molar-refractivity contribution in [1.29, 1.82) is 0 Å². The first-order valence-corrected chi connectivity index (χ1v) is 11.4. The summed E-state index contributed by atoms with van der Waals surface area (Å²) < 4.78 is 32.4. The van der Waals surface area contributed by atoms with Crippen molar-refractivity contribution >= 4 is 21.8 Å². The maximum atomic E-state index is 12.2. The Hall–Kier alpha value is -1.80. The van der Waals surface area contributed by atoms with Crippen LogP contribution in [0.15, 0.2) is 24.3 Å². The zero-order valence-electron chi connectivity index (χ0n) is 17.6. The van der Waals surface area contributed by atoms with E-state index in [1.165, 1.54) is 0 Å². The lowest BCUT2D eigenvalue weighted by atomic mass is 10.1. The molecule has 0 atom stereocenters. The highest BCUT2D eigenvalue weighted by molar-refractivity contribution is 7.89. The normalized spacial score (nSPS) is 15.8. The number of sulfonamides is 1. The van der Waals surface area contributed by atoms with Gasteiger partial charge < -0.3 is 14.5 Å². The number of carbonyl (C=O) groups is 1. The van der Waals surface area contributed by atoms with Crippen molar-refractivity contribution in [2.45, 2.75) is 46.8 Å². The fourth-order valence-corrected chi connectivity index (χ4v) is 4.48. The fraction of sp³-hybridized carbons (Fsp3) is 0.650. The zero-order valence-corrected chi connectivity index (χ0v) is 18.4. The van der Waals surface area contributed by atoms with Crippen LogP contribution in [0.5, 0.6) is 0 Å². The quantitative estimate of drug-likeness (QED) is 0.779. The number of hydrogen-bond donors (Lipinski definition) is 1. The second-order valence-corrected chi connectivity index (χ2v) is 10.4. The van der Waals surface area contributed by atoms with Crippen LogP contribution in [-0.2, 0) is 21.3 Å². The Bertz CT molecular complexity index is 764. The summed E-state index contributed by atoms with van der Waals surface area (Å²) in [4.78, 5) is 16.1. The van der Waals surface area contributed by atoms with Gasteiger partial charge in [0, 0.05) is 38.4 Å². The van der Waals surface area contributed by atoms with E-state index in [-0.39, 0.29) is 24.3 Å². The highest BCUT2D eigenvalue weighted by atomic mass is 32.2. The second kappa shape index (κ2) is 9.13. The van der Waals surface area contributed by atoms with Crippen LogP contribution in [0.3, 0.4) is 0 Å². The second-order valence-electron chi connectivity index (χ2n) is 8.58. The summed E-state index contributed by atoms with van der Waals surface area (Å²) in [6.07, 6.45) is -0.290. The number of ether oxygens (including phenoxy) is 1. The molecule has 0 unspecified atom stereocenters. The Morgan fingerprint density at radius 3 is 2.32 bits per heavy atom. The third-order valence-corrected chi connectivity index (χ3v) is 5.99. The summed E-state index contributed by atoms with van der Waals surface area (Å²) in [5.74, 6) is 0.192.